The third-order valence-corrected chi connectivity index (χ3v) is 10.4. The van der Waals surface area contributed by atoms with E-state index in [9.17, 15) is 0 Å². The summed E-state index contributed by atoms with van der Waals surface area (Å²) >= 11 is 10.9. The Morgan fingerprint density at radius 2 is 1.56 bits per heavy atom. The van der Waals surface area contributed by atoms with Gasteiger partial charge in [-0.25, -0.2) is 0 Å². The summed E-state index contributed by atoms with van der Waals surface area (Å²) in [4.78, 5) is 3.04. The van der Waals surface area contributed by atoms with Gasteiger partial charge in [0, 0.05) is 0 Å². The Labute approximate surface area is 237 Å². The van der Waals surface area contributed by atoms with Crippen molar-refractivity contribution in [1.29, 1.82) is 0 Å². The summed E-state index contributed by atoms with van der Waals surface area (Å²) in [6.07, 6.45) is 4.71. The van der Waals surface area contributed by atoms with Crippen LogP contribution in [0.3, 0.4) is 0 Å². The molecule has 32 heavy (non-hydrogen) atoms. The summed E-state index contributed by atoms with van der Waals surface area (Å²) in [5, 5.41) is 0. The molecule has 2 heterocycles. The standard InChI is InChI=1S/C26H15Br2S.2ClH.Zr/c27-17-8-6-16(7-9-17)24-23-14-21(26(24)29-23)19-12-13-22(28)25-18(10-11-20(19)25)15-4-2-1-3-5-15;;;/h1-13,18,21H;2*1H;/q;;;+2/p-2. The van der Waals surface area contributed by atoms with Gasteiger partial charge in [-0.1, -0.05) is 0 Å². The molecule has 2 aliphatic carbocycles. The SMILES string of the molecule is Brc1ccc(C2=C3SC2=[C]([Zr+2])C3c2ccc(Br)c3c2C=CC3c2ccccc2)cc1.[Cl-].[Cl-]. The van der Waals surface area contributed by atoms with E-state index in [0.29, 0.717) is 11.8 Å². The number of benzene rings is 3. The van der Waals surface area contributed by atoms with Crippen molar-refractivity contribution in [1.82, 2.24) is 0 Å². The Hall–Kier alpha value is -0.347. The number of fused-ring (bicyclic) bond motifs is 2. The van der Waals surface area contributed by atoms with Gasteiger partial charge in [0.2, 0.25) is 0 Å². The minimum atomic E-state index is 0. The van der Waals surface area contributed by atoms with E-state index in [0.717, 1.165) is 4.47 Å². The average Bonchev–Trinajstić information content (AvgIpc) is 3.41. The molecule has 6 heteroatoms. The molecule has 7 rings (SSSR count). The number of rotatable bonds is 3. The van der Waals surface area contributed by atoms with Gasteiger partial charge in [-0.2, -0.15) is 0 Å². The first-order valence-electron chi connectivity index (χ1n) is 9.83. The molecule has 0 fully saturated rings. The molecule has 0 saturated heterocycles. The summed E-state index contributed by atoms with van der Waals surface area (Å²) in [6, 6.07) is 24.2. The van der Waals surface area contributed by atoms with Gasteiger partial charge < -0.3 is 24.8 Å². The molecule has 3 aromatic rings. The van der Waals surface area contributed by atoms with E-state index in [1.165, 1.54) is 72.4 Å². The second-order valence-corrected chi connectivity index (χ2v) is 11.9. The number of thioether (sulfide) groups is 1. The molecule has 2 atom stereocenters. The maximum absolute atomic E-state index is 3.86. The minimum Gasteiger partial charge on any atom is -1.00 e. The number of halogens is 4. The second-order valence-electron chi connectivity index (χ2n) is 7.74. The van der Waals surface area contributed by atoms with E-state index < -0.39 is 0 Å². The molecule has 157 valence electrons. The topological polar surface area (TPSA) is 0 Å². The molecule has 2 bridgehead atoms. The maximum atomic E-state index is 3.86. The fourth-order valence-corrected chi connectivity index (χ4v) is 8.57. The van der Waals surface area contributed by atoms with Crippen LogP contribution in [-0.2, 0) is 24.7 Å². The zero-order chi connectivity index (χ0) is 20.4. The maximum Gasteiger partial charge on any atom is -1.00 e. The zero-order valence-corrected chi connectivity index (χ0v) is 24.5. The van der Waals surface area contributed by atoms with Gasteiger partial charge in [0.05, 0.1) is 0 Å². The average molecular weight is 681 g/mol. The van der Waals surface area contributed by atoms with Crippen molar-refractivity contribution in [2.45, 2.75) is 11.8 Å². The van der Waals surface area contributed by atoms with Gasteiger partial charge in [0.25, 0.3) is 0 Å². The molecule has 2 aliphatic heterocycles. The van der Waals surface area contributed by atoms with E-state index in [2.05, 4.69) is 111 Å². The monoisotopic (exact) mass is 677 g/mol. The van der Waals surface area contributed by atoms with Crippen molar-refractivity contribution in [3.05, 3.63) is 123 Å². The molecule has 0 spiro atoms. The third kappa shape index (κ3) is 3.84. The van der Waals surface area contributed by atoms with E-state index in [-0.39, 0.29) is 24.8 Å². The van der Waals surface area contributed by atoms with Crippen LogP contribution in [0.5, 0.6) is 0 Å². The summed E-state index contributed by atoms with van der Waals surface area (Å²) in [7, 11) is 0. The molecule has 3 aromatic carbocycles. The summed E-state index contributed by atoms with van der Waals surface area (Å²) in [6.45, 7) is 0. The van der Waals surface area contributed by atoms with Crippen molar-refractivity contribution < 1.29 is 49.5 Å². The summed E-state index contributed by atoms with van der Waals surface area (Å²) in [5.41, 5.74) is 8.44. The van der Waals surface area contributed by atoms with Gasteiger partial charge >= 0.3 is 214 Å². The molecule has 0 saturated carbocycles. The Morgan fingerprint density at radius 3 is 2.28 bits per heavy atom. The van der Waals surface area contributed by atoms with Crippen LogP contribution >= 0.6 is 43.6 Å². The zero-order valence-electron chi connectivity index (χ0n) is 16.6. The first-order chi connectivity index (χ1) is 14.6. The van der Waals surface area contributed by atoms with Crippen LogP contribution in [0, 0.1) is 0 Å². The van der Waals surface area contributed by atoms with E-state index in [1.54, 1.807) is 3.28 Å². The molecule has 2 unspecified atom stereocenters. The Bertz CT molecular complexity index is 1300. The molecular weight excluding hydrogens is 666 g/mol. The number of allylic oxidation sites excluding steroid dienone is 4. The van der Waals surface area contributed by atoms with Gasteiger partial charge in [-0.15, -0.1) is 0 Å². The summed E-state index contributed by atoms with van der Waals surface area (Å²) in [5.74, 6) is 0.739. The Balaban J connectivity index is 0.00000122. The van der Waals surface area contributed by atoms with Crippen molar-refractivity contribution in [2.24, 2.45) is 0 Å². The van der Waals surface area contributed by atoms with Crippen LogP contribution in [0.1, 0.15) is 39.7 Å². The fourth-order valence-electron chi connectivity index (χ4n) is 4.73. The molecule has 0 aromatic heterocycles. The first kappa shape index (κ1) is 24.8. The van der Waals surface area contributed by atoms with Gasteiger partial charge in [0.1, 0.15) is 0 Å². The first-order valence-corrected chi connectivity index (χ1v) is 13.5. The van der Waals surface area contributed by atoms with Crippen LogP contribution in [0.4, 0.5) is 0 Å². The van der Waals surface area contributed by atoms with Crippen LogP contribution in [0.2, 0.25) is 0 Å². The minimum absolute atomic E-state index is 0. The van der Waals surface area contributed by atoms with Crippen molar-refractivity contribution in [3.63, 3.8) is 0 Å². The number of hydrogen-bond donors (Lipinski definition) is 0. The molecule has 0 nitrogen and oxygen atoms in total. The van der Waals surface area contributed by atoms with E-state index in [1.807, 2.05) is 11.8 Å². The largest absolute Gasteiger partial charge is 1.00 e. The fraction of sp³-hybridized carbons (Fsp3) is 0.0769. The molecule has 0 N–H and O–H groups in total. The van der Waals surface area contributed by atoms with Gasteiger partial charge in [0.15, 0.2) is 0 Å². The quantitative estimate of drug-likeness (QED) is 0.410. The van der Waals surface area contributed by atoms with E-state index in [4.69, 9.17) is 0 Å². The smallest absolute Gasteiger partial charge is 1.00 e. The van der Waals surface area contributed by atoms with Crippen molar-refractivity contribution in [3.8, 4) is 0 Å². The Morgan fingerprint density at radius 1 is 0.844 bits per heavy atom. The molecule has 0 amide bonds. The molecule has 0 radical (unpaired) electrons. The number of hydrogen-bond acceptors (Lipinski definition) is 1. The van der Waals surface area contributed by atoms with Crippen LogP contribution in [0.25, 0.3) is 11.6 Å². The van der Waals surface area contributed by atoms with Crippen molar-refractivity contribution in [2.75, 3.05) is 0 Å². The van der Waals surface area contributed by atoms with Gasteiger partial charge in [-0.05, 0) is 0 Å². The van der Waals surface area contributed by atoms with Crippen LogP contribution in [0.15, 0.2) is 94.8 Å². The third-order valence-electron chi connectivity index (χ3n) is 6.12. The van der Waals surface area contributed by atoms with E-state index >= 15 is 0 Å². The Kier molecular flexibility index (Phi) is 7.52. The second kappa shape index (κ2) is 9.72. The predicted molar refractivity (Wildman–Crippen MR) is 130 cm³/mol. The predicted octanol–water partition coefficient (Wildman–Crippen LogP) is 2.39. The normalized spacial score (nSPS) is 20.0. The molecule has 4 aliphatic rings. The van der Waals surface area contributed by atoms with Gasteiger partial charge in [-0.3, -0.25) is 0 Å². The van der Waals surface area contributed by atoms with Crippen LogP contribution in [-0.4, -0.2) is 0 Å². The molecular formula is C26H15Br2Cl2SZr. The van der Waals surface area contributed by atoms with Crippen molar-refractivity contribution >= 4 is 55.3 Å². The summed E-state index contributed by atoms with van der Waals surface area (Å²) < 4.78 is 3.92. The van der Waals surface area contributed by atoms with Crippen LogP contribution < -0.4 is 24.8 Å².